The van der Waals surface area contributed by atoms with Crippen molar-refractivity contribution in [3.05, 3.63) is 29.6 Å². The lowest BCUT2D eigenvalue weighted by molar-refractivity contribution is -0.132. The Labute approximate surface area is 113 Å². The highest BCUT2D eigenvalue weighted by atomic mass is 19.1. The Hall–Kier alpha value is -1.62. The van der Waals surface area contributed by atoms with Crippen molar-refractivity contribution in [1.82, 2.24) is 4.90 Å². The predicted molar refractivity (Wildman–Crippen MR) is 72.4 cm³/mol. The van der Waals surface area contributed by atoms with Gasteiger partial charge >= 0.3 is 0 Å². The normalized spacial score (nSPS) is 12.1. The Kier molecular flexibility index (Phi) is 5.76. The minimum Gasteiger partial charge on any atom is -0.484 e. The maximum absolute atomic E-state index is 13.7. The average molecular weight is 268 g/mol. The molecule has 0 aliphatic heterocycles. The zero-order chi connectivity index (χ0) is 14.4. The predicted octanol–water partition coefficient (Wildman–Crippen LogP) is 2.09. The first-order valence-electron chi connectivity index (χ1n) is 6.45. The van der Waals surface area contributed by atoms with Crippen LogP contribution in [0.3, 0.4) is 0 Å². The fourth-order valence-corrected chi connectivity index (χ4v) is 1.78. The topological polar surface area (TPSA) is 55.6 Å². The molecule has 2 N–H and O–H groups in total. The standard InChI is InChI=1S/C14H21FN2O2/c1-4-17(5-2)14(18)9-19-11-6-7-12(10(3)16)13(15)8-11/h6-8,10H,4-5,9,16H2,1-3H3/t10-/m1/s1. The first-order chi connectivity index (χ1) is 8.99. The summed E-state index contributed by atoms with van der Waals surface area (Å²) in [5, 5.41) is 0. The number of nitrogens with zero attached hydrogens (tertiary/aromatic N) is 1. The molecular weight excluding hydrogens is 247 g/mol. The quantitative estimate of drug-likeness (QED) is 0.859. The van der Waals surface area contributed by atoms with Gasteiger partial charge in [-0.25, -0.2) is 4.39 Å². The van der Waals surface area contributed by atoms with Crippen molar-refractivity contribution in [3.8, 4) is 5.75 Å². The van der Waals surface area contributed by atoms with Gasteiger partial charge in [0.2, 0.25) is 0 Å². The van der Waals surface area contributed by atoms with Crippen molar-refractivity contribution in [3.63, 3.8) is 0 Å². The van der Waals surface area contributed by atoms with Gasteiger partial charge in [-0.15, -0.1) is 0 Å². The van der Waals surface area contributed by atoms with E-state index >= 15 is 0 Å². The van der Waals surface area contributed by atoms with Gasteiger partial charge in [0.15, 0.2) is 6.61 Å². The lowest BCUT2D eigenvalue weighted by Gasteiger charge is -2.18. The van der Waals surface area contributed by atoms with Crippen molar-refractivity contribution in [2.75, 3.05) is 19.7 Å². The molecule has 0 saturated heterocycles. The van der Waals surface area contributed by atoms with Crippen LogP contribution in [0.5, 0.6) is 5.75 Å². The van der Waals surface area contributed by atoms with Crippen LogP contribution in [0.15, 0.2) is 18.2 Å². The highest BCUT2D eigenvalue weighted by Crippen LogP contribution is 2.20. The van der Waals surface area contributed by atoms with Gasteiger partial charge in [0.25, 0.3) is 5.91 Å². The molecule has 0 fully saturated rings. The number of benzene rings is 1. The average Bonchev–Trinajstić information content (AvgIpc) is 2.37. The summed E-state index contributed by atoms with van der Waals surface area (Å²) in [5.41, 5.74) is 6.05. The first kappa shape index (κ1) is 15.4. The Morgan fingerprint density at radius 1 is 1.42 bits per heavy atom. The van der Waals surface area contributed by atoms with Crippen LogP contribution in [0, 0.1) is 5.82 Å². The molecule has 4 nitrogen and oxygen atoms in total. The number of ether oxygens (including phenoxy) is 1. The van der Waals surface area contributed by atoms with Gasteiger partial charge in [-0.05, 0) is 26.8 Å². The highest BCUT2D eigenvalue weighted by Gasteiger charge is 2.12. The maximum Gasteiger partial charge on any atom is 0.260 e. The van der Waals surface area contributed by atoms with Crippen molar-refractivity contribution >= 4 is 5.91 Å². The third-order valence-corrected chi connectivity index (χ3v) is 2.94. The number of carbonyl (C=O) groups excluding carboxylic acids is 1. The number of likely N-dealkylation sites (N-methyl/N-ethyl adjacent to an activating group) is 1. The minimum atomic E-state index is -0.414. The molecule has 0 aliphatic carbocycles. The van der Waals surface area contributed by atoms with Gasteiger partial charge in [-0.3, -0.25) is 4.79 Å². The van der Waals surface area contributed by atoms with Gasteiger partial charge < -0.3 is 15.4 Å². The molecule has 0 aliphatic rings. The van der Waals surface area contributed by atoms with E-state index in [0.29, 0.717) is 24.4 Å². The molecule has 106 valence electrons. The Morgan fingerprint density at radius 3 is 2.53 bits per heavy atom. The van der Waals surface area contributed by atoms with Gasteiger partial charge in [0, 0.05) is 30.8 Å². The van der Waals surface area contributed by atoms with Crippen LogP contribution in [0.1, 0.15) is 32.4 Å². The molecule has 1 aromatic rings. The monoisotopic (exact) mass is 268 g/mol. The number of hydrogen-bond acceptors (Lipinski definition) is 3. The van der Waals surface area contributed by atoms with E-state index in [-0.39, 0.29) is 18.6 Å². The first-order valence-corrected chi connectivity index (χ1v) is 6.45. The minimum absolute atomic E-state index is 0.0847. The molecule has 0 unspecified atom stereocenters. The summed E-state index contributed by atoms with van der Waals surface area (Å²) in [6.45, 7) is 6.70. The van der Waals surface area contributed by atoms with Crippen LogP contribution in [-0.2, 0) is 4.79 Å². The van der Waals surface area contributed by atoms with Crippen LogP contribution in [0.2, 0.25) is 0 Å². The van der Waals surface area contributed by atoms with E-state index in [9.17, 15) is 9.18 Å². The van der Waals surface area contributed by atoms with Gasteiger partial charge in [-0.1, -0.05) is 6.07 Å². The van der Waals surface area contributed by atoms with E-state index in [1.54, 1.807) is 24.0 Å². The zero-order valence-corrected chi connectivity index (χ0v) is 11.6. The summed E-state index contributed by atoms with van der Waals surface area (Å²) in [4.78, 5) is 13.4. The van der Waals surface area contributed by atoms with Crippen LogP contribution >= 0.6 is 0 Å². The van der Waals surface area contributed by atoms with E-state index in [2.05, 4.69) is 0 Å². The van der Waals surface area contributed by atoms with Crippen molar-refractivity contribution < 1.29 is 13.9 Å². The fraction of sp³-hybridized carbons (Fsp3) is 0.500. The fourth-order valence-electron chi connectivity index (χ4n) is 1.78. The Morgan fingerprint density at radius 2 is 2.05 bits per heavy atom. The SMILES string of the molecule is CCN(CC)C(=O)COc1ccc([C@@H](C)N)c(F)c1. The molecule has 5 heteroatoms. The van der Waals surface area contributed by atoms with E-state index in [4.69, 9.17) is 10.5 Å². The summed E-state index contributed by atoms with van der Waals surface area (Å²) in [5.74, 6) is -0.188. The van der Waals surface area contributed by atoms with Crippen LogP contribution in [0.25, 0.3) is 0 Å². The molecular formula is C14H21FN2O2. The molecule has 1 rings (SSSR count). The van der Waals surface area contributed by atoms with E-state index in [1.165, 1.54) is 6.07 Å². The van der Waals surface area contributed by atoms with Crippen molar-refractivity contribution in [2.45, 2.75) is 26.8 Å². The molecule has 0 saturated carbocycles. The summed E-state index contributed by atoms with van der Waals surface area (Å²) >= 11 is 0. The molecule has 1 atom stereocenters. The van der Waals surface area contributed by atoms with Gasteiger partial charge in [-0.2, -0.15) is 0 Å². The zero-order valence-electron chi connectivity index (χ0n) is 11.6. The number of amides is 1. The van der Waals surface area contributed by atoms with Gasteiger partial charge in [0.05, 0.1) is 0 Å². The van der Waals surface area contributed by atoms with Crippen LogP contribution in [0.4, 0.5) is 4.39 Å². The number of hydrogen-bond donors (Lipinski definition) is 1. The van der Waals surface area contributed by atoms with E-state index in [0.717, 1.165) is 0 Å². The van der Waals surface area contributed by atoms with Gasteiger partial charge in [0.1, 0.15) is 11.6 Å². The van der Waals surface area contributed by atoms with Crippen molar-refractivity contribution in [1.29, 1.82) is 0 Å². The van der Waals surface area contributed by atoms with Crippen LogP contribution in [-0.4, -0.2) is 30.5 Å². The molecule has 1 aromatic carbocycles. The Bertz CT molecular complexity index is 431. The number of carbonyl (C=O) groups is 1. The molecule has 0 radical (unpaired) electrons. The molecule has 0 heterocycles. The summed E-state index contributed by atoms with van der Waals surface area (Å²) in [7, 11) is 0. The van der Waals surface area contributed by atoms with Crippen molar-refractivity contribution in [2.24, 2.45) is 5.73 Å². The second-order valence-corrected chi connectivity index (χ2v) is 4.33. The molecule has 0 spiro atoms. The Balaban J connectivity index is 2.64. The molecule has 0 bridgehead atoms. The molecule has 1 amide bonds. The maximum atomic E-state index is 13.7. The summed E-state index contributed by atoms with van der Waals surface area (Å²) in [6.07, 6.45) is 0. The second kappa shape index (κ2) is 7.09. The smallest absolute Gasteiger partial charge is 0.260 e. The molecule has 0 aromatic heterocycles. The number of rotatable bonds is 6. The summed E-state index contributed by atoms with van der Waals surface area (Å²) < 4.78 is 19.0. The second-order valence-electron chi connectivity index (χ2n) is 4.33. The molecule has 19 heavy (non-hydrogen) atoms. The largest absolute Gasteiger partial charge is 0.484 e. The number of halogens is 1. The lowest BCUT2D eigenvalue weighted by atomic mass is 10.1. The summed E-state index contributed by atoms with van der Waals surface area (Å²) in [6, 6.07) is 4.09. The number of nitrogens with two attached hydrogens (primary N) is 1. The van der Waals surface area contributed by atoms with E-state index in [1.807, 2.05) is 13.8 Å². The van der Waals surface area contributed by atoms with E-state index < -0.39 is 5.82 Å². The third-order valence-electron chi connectivity index (χ3n) is 2.94. The van der Waals surface area contributed by atoms with Crippen LogP contribution < -0.4 is 10.5 Å². The highest BCUT2D eigenvalue weighted by molar-refractivity contribution is 5.77. The third kappa shape index (κ3) is 4.21. The lowest BCUT2D eigenvalue weighted by Crippen LogP contribution is -2.34.